The first-order valence-electron chi connectivity index (χ1n) is 9.06. The van der Waals surface area contributed by atoms with Crippen molar-refractivity contribution in [3.05, 3.63) is 35.2 Å². The minimum Gasteiger partial charge on any atom is -0.386 e. The van der Waals surface area contributed by atoms with Crippen molar-refractivity contribution in [1.82, 2.24) is 15.5 Å². The number of likely N-dealkylation sites (N-methyl/N-ethyl adjacent to an activating group) is 1. The van der Waals surface area contributed by atoms with E-state index in [-0.39, 0.29) is 24.0 Å². The van der Waals surface area contributed by atoms with E-state index in [1.807, 2.05) is 12.1 Å². The fourth-order valence-electron chi connectivity index (χ4n) is 3.04. The molecule has 0 radical (unpaired) electrons. The third-order valence-corrected chi connectivity index (χ3v) is 5.84. The molecule has 7 heteroatoms. The van der Waals surface area contributed by atoms with E-state index in [0.717, 1.165) is 36.5 Å². The first kappa shape index (κ1) is 21.4. The van der Waals surface area contributed by atoms with Crippen molar-refractivity contribution >= 4 is 51.4 Å². The molecule has 0 spiro atoms. The van der Waals surface area contributed by atoms with Gasteiger partial charge in [-0.05, 0) is 36.9 Å². The highest BCUT2D eigenvalue weighted by Crippen LogP contribution is 2.29. The quantitative estimate of drug-likeness (QED) is 0.304. The van der Waals surface area contributed by atoms with Crippen molar-refractivity contribution < 1.29 is 5.11 Å². The van der Waals surface area contributed by atoms with Crippen LogP contribution >= 0.6 is 35.3 Å². The highest BCUT2D eigenvalue weighted by molar-refractivity contribution is 14.0. The van der Waals surface area contributed by atoms with Crippen LogP contribution in [0.1, 0.15) is 30.7 Å². The zero-order valence-corrected chi connectivity index (χ0v) is 18.6. The predicted molar refractivity (Wildman–Crippen MR) is 122 cm³/mol. The lowest BCUT2D eigenvalue weighted by atomic mass is 10.2. The highest BCUT2D eigenvalue weighted by Gasteiger charge is 2.27. The number of rotatable bonds is 8. The number of hydrogen-bond donors (Lipinski definition) is 3. The second-order valence-corrected chi connectivity index (χ2v) is 7.56. The van der Waals surface area contributed by atoms with E-state index in [9.17, 15) is 5.11 Å². The fourth-order valence-corrected chi connectivity index (χ4v) is 4.09. The van der Waals surface area contributed by atoms with Crippen molar-refractivity contribution in [1.29, 1.82) is 0 Å². The summed E-state index contributed by atoms with van der Waals surface area (Å²) in [7, 11) is 1.76. The second kappa shape index (κ2) is 10.4. The van der Waals surface area contributed by atoms with Gasteiger partial charge in [-0.3, -0.25) is 9.89 Å². The number of nitrogens with one attached hydrogen (secondary N) is 2. The summed E-state index contributed by atoms with van der Waals surface area (Å²) in [6.07, 6.45) is 2.14. The molecule has 3 N–H and O–H groups in total. The number of hydrogen-bond acceptors (Lipinski definition) is 4. The zero-order valence-electron chi connectivity index (χ0n) is 15.4. The molecule has 1 saturated carbocycles. The molecule has 1 aromatic carbocycles. The molecule has 1 atom stereocenters. The van der Waals surface area contributed by atoms with Crippen LogP contribution in [0.3, 0.4) is 0 Å². The number of fused-ring (bicyclic) bond motifs is 1. The van der Waals surface area contributed by atoms with Crippen LogP contribution in [0.5, 0.6) is 0 Å². The van der Waals surface area contributed by atoms with Crippen LogP contribution in [0, 0.1) is 0 Å². The molecule has 1 aliphatic carbocycles. The van der Waals surface area contributed by atoms with E-state index >= 15 is 0 Å². The Hall–Kier alpha value is -0.900. The third kappa shape index (κ3) is 5.80. The number of thiophene rings is 1. The molecule has 26 heavy (non-hydrogen) atoms. The summed E-state index contributed by atoms with van der Waals surface area (Å²) < 4.78 is 1.21. The maximum absolute atomic E-state index is 10.5. The van der Waals surface area contributed by atoms with E-state index < -0.39 is 6.10 Å². The number of aliphatic hydroxyl groups excluding tert-OH is 1. The molecule has 1 fully saturated rings. The molecule has 5 nitrogen and oxygen atoms in total. The lowest BCUT2D eigenvalue weighted by Crippen LogP contribution is -2.43. The Kier molecular flexibility index (Phi) is 8.59. The van der Waals surface area contributed by atoms with Crippen LogP contribution in [-0.4, -0.2) is 55.2 Å². The number of aliphatic hydroxyl groups is 1. The second-order valence-electron chi connectivity index (χ2n) is 6.44. The van der Waals surface area contributed by atoms with Crippen LogP contribution < -0.4 is 10.6 Å². The summed E-state index contributed by atoms with van der Waals surface area (Å²) in [6.45, 7) is 5.66. The summed E-state index contributed by atoms with van der Waals surface area (Å²) in [5, 5.41) is 18.2. The molecule has 0 amide bonds. The fraction of sp³-hybridized carbons (Fsp3) is 0.526. The standard InChI is InChI=1S/C19H28N4OS.HI/c1-3-23(15-8-9-15)11-10-21-19(20-2)22-13-16(24)18-12-14-6-4-5-7-17(14)25-18;/h4-7,12,15-16,24H,3,8-11,13H2,1-2H3,(H2,20,21,22);1H. The number of benzene rings is 1. The number of nitrogens with zero attached hydrogens (tertiary/aromatic N) is 2. The molecule has 2 aromatic rings. The highest BCUT2D eigenvalue weighted by atomic mass is 127. The maximum Gasteiger partial charge on any atom is 0.191 e. The summed E-state index contributed by atoms with van der Waals surface area (Å²) in [4.78, 5) is 7.74. The van der Waals surface area contributed by atoms with Crippen LogP contribution in [0.15, 0.2) is 35.3 Å². The minimum absolute atomic E-state index is 0. The van der Waals surface area contributed by atoms with Crippen molar-refractivity contribution in [3.63, 3.8) is 0 Å². The van der Waals surface area contributed by atoms with E-state index in [4.69, 9.17) is 0 Å². The maximum atomic E-state index is 10.5. The van der Waals surface area contributed by atoms with Crippen molar-refractivity contribution in [2.75, 3.05) is 33.2 Å². The summed E-state index contributed by atoms with van der Waals surface area (Å²) in [6, 6.07) is 11.1. The van der Waals surface area contributed by atoms with E-state index in [1.165, 1.54) is 22.9 Å². The Morgan fingerprint density at radius 1 is 1.35 bits per heavy atom. The molecule has 0 saturated heterocycles. The molecular formula is C19H29IN4OS. The Bertz CT molecular complexity index is 683. The van der Waals surface area contributed by atoms with Gasteiger partial charge in [-0.25, -0.2) is 0 Å². The Balaban J connectivity index is 0.00000243. The average molecular weight is 488 g/mol. The van der Waals surface area contributed by atoms with Gasteiger partial charge in [0, 0.05) is 42.3 Å². The van der Waals surface area contributed by atoms with Crippen molar-refractivity contribution in [3.8, 4) is 0 Å². The van der Waals surface area contributed by atoms with Gasteiger partial charge in [-0.15, -0.1) is 35.3 Å². The molecule has 1 heterocycles. The van der Waals surface area contributed by atoms with Crippen LogP contribution in [-0.2, 0) is 0 Å². The lowest BCUT2D eigenvalue weighted by molar-refractivity contribution is 0.184. The minimum atomic E-state index is -0.533. The zero-order chi connectivity index (χ0) is 17.6. The van der Waals surface area contributed by atoms with Gasteiger partial charge in [-0.2, -0.15) is 0 Å². The summed E-state index contributed by atoms with van der Waals surface area (Å²) in [5.74, 6) is 0.743. The molecule has 1 unspecified atom stereocenters. The number of halogens is 1. The van der Waals surface area contributed by atoms with Gasteiger partial charge in [-0.1, -0.05) is 25.1 Å². The van der Waals surface area contributed by atoms with Gasteiger partial charge in [0.05, 0.1) is 0 Å². The van der Waals surface area contributed by atoms with Gasteiger partial charge in [0.15, 0.2) is 5.96 Å². The van der Waals surface area contributed by atoms with Gasteiger partial charge < -0.3 is 15.7 Å². The first-order valence-corrected chi connectivity index (χ1v) is 9.88. The van der Waals surface area contributed by atoms with Gasteiger partial charge in [0.2, 0.25) is 0 Å². The van der Waals surface area contributed by atoms with Crippen molar-refractivity contribution in [2.45, 2.75) is 31.9 Å². The first-order chi connectivity index (χ1) is 12.2. The normalized spacial score (nSPS) is 15.8. The van der Waals surface area contributed by atoms with Crippen molar-refractivity contribution in [2.24, 2.45) is 4.99 Å². The predicted octanol–water partition coefficient (Wildman–Crippen LogP) is 3.20. The number of aliphatic imine (C=N–C) groups is 1. The Labute approximate surface area is 176 Å². The van der Waals surface area contributed by atoms with Gasteiger partial charge in [0.25, 0.3) is 0 Å². The third-order valence-electron chi connectivity index (χ3n) is 4.62. The van der Waals surface area contributed by atoms with Crippen LogP contribution in [0.25, 0.3) is 10.1 Å². The molecule has 3 rings (SSSR count). The number of guanidine groups is 1. The average Bonchev–Trinajstić information content (AvgIpc) is 3.38. The lowest BCUT2D eigenvalue weighted by Gasteiger charge is -2.21. The van der Waals surface area contributed by atoms with Gasteiger partial charge in [0.1, 0.15) is 6.10 Å². The van der Waals surface area contributed by atoms with E-state index in [1.54, 1.807) is 18.4 Å². The molecule has 0 aliphatic heterocycles. The van der Waals surface area contributed by atoms with E-state index in [0.29, 0.717) is 6.54 Å². The summed E-state index contributed by atoms with van der Waals surface area (Å²) >= 11 is 1.64. The molecule has 144 valence electrons. The molecule has 0 bridgehead atoms. The van der Waals surface area contributed by atoms with Gasteiger partial charge >= 0.3 is 0 Å². The SMILES string of the molecule is CCN(CCNC(=NC)NCC(O)c1cc2ccccc2s1)C1CC1.I. The summed E-state index contributed by atoms with van der Waals surface area (Å²) in [5.41, 5.74) is 0. The topological polar surface area (TPSA) is 59.9 Å². The molecule has 1 aromatic heterocycles. The van der Waals surface area contributed by atoms with E-state index in [2.05, 4.69) is 45.6 Å². The monoisotopic (exact) mass is 488 g/mol. The molecular weight excluding hydrogens is 459 g/mol. The molecule has 1 aliphatic rings. The van der Waals surface area contributed by atoms with Crippen LogP contribution in [0.2, 0.25) is 0 Å². The largest absolute Gasteiger partial charge is 0.386 e. The van der Waals surface area contributed by atoms with Crippen LogP contribution in [0.4, 0.5) is 0 Å². The smallest absolute Gasteiger partial charge is 0.191 e. The Morgan fingerprint density at radius 2 is 2.12 bits per heavy atom. The Morgan fingerprint density at radius 3 is 2.77 bits per heavy atom.